The first-order chi connectivity index (χ1) is 17.9. The summed E-state index contributed by atoms with van der Waals surface area (Å²) in [6.45, 7) is 1.97. The summed E-state index contributed by atoms with van der Waals surface area (Å²) < 4.78 is 27.3. The number of carboxylic acid groups (broad SMARTS) is 1. The van der Waals surface area contributed by atoms with E-state index in [1.165, 1.54) is 18.1 Å². The third-order valence-corrected chi connectivity index (χ3v) is 7.23. The van der Waals surface area contributed by atoms with Gasteiger partial charge in [-0.25, -0.2) is 28.5 Å². The largest absolute Gasteiger partial charge is 0.480 e. The van der Waals surface area contributed by atoms with Crippen molar-refractivity contribution in [2.75, 3.05) is 30.3 Å². The van der Waals surface area contributed by atoms with Crippen molar-refractivity contribution >= 4 is 28.6 Å². The van der Waals surface area contributed by atoms with E-state index in [9.17, 15) is 18.7 Å². The highest BCUT2D eigenvalue weighted by Gasteiger charge is 2.47. The number of hydrogen-bond acceptors (Lipinski definition) is 8. The van der Waals surface area contributed by atoms with Crippen molar-refractivity contribution in [2.24, 2.45) is 0 Å². The smallest absolute Gasteiger partial charge is 0.326 e. The van der Waals surface area contributed by atoms with Gasteiger partial charge in [-0.05, 0) is 56.7 Å². The molecule has 1 fully saturated rings. The summed E-state index contributed by atoms with van der Waals surface area (Å²) in [6, 6.07) is 3.04. The quantitative estimate of drug-likeness (QED) is 0.268. The second-order valence-corrected chi connectivity index (χ2v) is 9.93. The molecule has 1 saturated carbocycles. The van der Waals surface area contributed by atoms with E-state index in [0.717, 1.165) is 50.2 Å². The van der Waals surface area contributed by atoms with Crippen LogP contribution in [0.1, 0.15) is 49.8 Å². The van der Waals surface area contributed by atoms with E-state index in [1.807, 2.05) is 4.90 Å². The molecule has 4 heterocycles. The highest BCUT2D eigenvalue weighted by Crippen LogP contribution is 2.40. The lowest BCUT2D eigenvalue weighted by Crippen LogP contribution is -2.52. The first kappa shape index (κ1) is 25.2. The molecule has 3 aromatic rings. The summed E-state index contributed by atoms with van der Waals surface area (Å²) in [5.41, 5.74) is 2.79. The molecule has 4 N–H and O–H groups in total. The number of nitrogens with zero attached hydrogens (tertiary/aromatic N) is 5. The van der Waals surface area contributed by atoms with Gasteiger partial charge < -0.3 is 15.7 Å². The van der Waals surface area contributed by atoms with Gasteiger partial charge in [0, 0.05) is 37.7 Å². The van der Waals surface area contributed by atoms with Crippen molar-refractivity contribution in [2.45, 2.75) is 69.4 Å². The maximum Gasteiger partial charge on any atom is 0.326 e. The zero-order valence-electron chi connectivity index (χ0n) is 20.6. The Kier molecular flexibility index (Phi) is 7.45. The number of anilines is 2. The van der Waals surface area contributed by atoms with Crippen LogP contribution in [0.5, 0.6) is 0 Å². The number of aromatic amines is 1. The maximum atomic E-state index is 13.7. The first-order valence-corrected chi connectivity index (χ1v) is 12.9. The third kappa shape index (κ3) is 6.12. The predicted octanol–water partition coefficient (Wildman–Crippen LogP) is 3.48. The summed E-state index contributed by atoms with van der Waals surface area (Å²) in [7, 11) is 0. The van der Waals surface area contributed by atoms with Crippen LogP contribution in [0.4, 0.5) is 20.4 Å². The van der Waals surface area contributed by atoms with Crippen molar-refractivity contribution in [3.63, 3.8) is 0 Å². The number of halogens is 2. The summed E-state index contributed by atoms with van der Waals surface area (Å²) in [5, 5.41) is 23.4. The van der Waals surface area contributed by atoms with Crippen molar-refractivity contribution in [1.82, 2.24) is 30.0 Å². The minimum Gasteiger partial charge on any atom is -0.480 e. The van der Waals surface area contributed by atoms with E-state index >= 15 is 0 Å². The number of aliphatic carboxylic acids is 1. The van der Waals surface area contributed by atoms with Crippen molar-refractivity contribution in [3.05, 3.63) is 35.9 Å². The molecular formula is C25H32F2N8O2. The average molecular weight is 515 g/mol. The number of pyridine rings is 1. The molecule has 2 aliphatic rings. The Hall–Kier alpha value is -3.41. The molecule has 0 radical (unpaired) electrons. The molecular weight excluding hydrogens is 482 g/mol. The Morgan fingerprint density at radius 2 is 2.11 bits per heavy atom. The van der Waals surface area contributed by atoms with Crippen molar-refractivity contribution in [1.29, 1.82) is 0 Å². The minimum atomic E-state index is -2.64. The highest BCUT2D eigenvalue weighted by molar-refractivity contribution is 5.88. The molecule has 10 nitrogen and oxygen atoms in total. The van der Waals surface area contributed by atoms with E-state index in [4.69, 9.17) is 4.98 Å². The van der Waals surface area contributed by atoms with Crippen molar-refractivity contribution in [3.8, 4) is 0 Å². The number of unbranched alkanes of at least 4 members (excludes halogenated alkanes) is 1. The number of alkyl halides is 2. The molecule has 1 aliphatic heterocycles. The van der Waals surface area contributed by atoms with Gasteiger partial charge in [-0.15, -0.1) is 0 Å². The monoisotopic (exact) mass is 514 g/mol. The van der Waals surface area contributed by atoms with Gasteiger partial charge in [0.2, 0.25) is 0 Å². The lowest BCUT2D eigenvalue weighted by Gasteiger charge is -2.43. The van der Waals surface area contributed by atoms with Crippen LogP contribution in [-0.2, 0) is 17.6 Å². The molecule has 1 aliphatic carbocycles. The van der Waals surface area contributed by atoms with Gasteiger partial charge in [0.05, 0.1) is 11.6 Å². The summed E-state index contributed by atoms with van der Waals surface area (Å²) in [6.07, 6.45) is 7.44. The van der Waals surface area contributed by atoms with E-state index < -0.39 is 17.9 Å². The van der Waals surface area contributed by atoms with Crippen LogP contribution < -0.4 is 10.6 Å². The third-order valence-electron chi connectivity index (χ3n) is 7.23. The first-order valence-electron chi connectivity index (χ1n) is 12.9. The van der Waals surface area contributed by atoms with E-state index in [0.29, 0.717) is 29.9 Å². The lowest BCUT2D eigenvalue weighted by atomic mass is 9.86. The van der Waals surface area contributed by atoms with Gasteiger partial charge in [0.15, 0.2) is 5.65 Å². The fourth-order valence-corrected chi connectivity index (χ4v) is 5.09. The Labute approximate surface area is 213 Å². The zero-order chi connectivity index (χ0) is 25.8. The zero-order valence-corrected chi connectivity index (χ0v) is 20.6. The summed E-state index contributed by atoms with van der Waals surface area (Å²) >= 11 is 0. The lowest BCUT2D eigenvalue weighted by molar-refractivity contribution is -0.139. The standard InChI is InChI=1S/C25H32F2N8O2/c26-25(27)12-18(13-25)35(10-2-1-5-17-7-6-16-4-3-9-28-21(16)32-17)11-8-20(24(36)37)33-22-19-14-31-34-23(19)30-15-29-22/h6-7,14-15,18,20H,1-5,8-13H2,(H,28,32)(H,36,37)(H2,29,30,31,33,34). The van der Waals surface area contributed by atoms with Gasteiger partial charge in [-0.3, -0.25) is 10.00 Å². The molecule has 0 bridgehead atoms. The normalized spacial score (nSPS) is 17.7. The van der Waals surface area contributed by atoms with E-state index in [1.54, 1.807) is 0 Å². The second-order valence-electron chi connectivity index (χ2n) is 9.93. The van der Waals surface area contributed by atoms with E-state index in [-0.39, 0.29) is 25.3 Å². The molecule has 0 spiro atoms. The Bertz CT molecular complexity index is 1230. The van der Waals surface area contributed by atoms with Crippen molar-refractivity contribution < 1.29 is 18.7 Å². The molecule has 12 heteroatoms. The summed E-state index contributed by atoms with van der Waals surface area (Å²) in [4.78, 5) is 27.0. The Morgan fingerprint density at radius 1 is 1.24 bits per heavy atom. The SMILES string of the molecule is O=C(O)C(CCN(CCCCc1ccc2c(n1)NCCC2)C1CC(F)(F)C1)Nc1ncnc2[nH]ncc12. The molecule has 0 aromatic carbocycles. The highest BCUT2D eigenvalue weighted by atomic mass is 19.3. The van der Waals surface area contributed by atoms with Crippen LogP contribution in [0.25, 0.3) is 11.0 Å². The number of carbonyl (C=O) groups is 1. The van der Waals surface area contributed by atoms with E-state index in [2.05, 4.69) is 42.9 Å². The number of aryl methyl sites for hydroxylation is 2. The summed E-state index contributed by atoms with van der Waals surface area (Å²) in [5.74, 6) is -2.31. The minimum absolute atomic E-state index is 0.183. The fourth-order valence-electron chi connectivity index (χ4n) is 5.09. The van der Waals surface area contributed by atoms with Gasteiger partial charge in [0.25, 0.3) is 5.92 Å². The number of carboxylic acids is 1. The van der Waals surface area contributed by atoms with Gasteiger partial charge in [-0.1, -0.05) is 6.07 Å². The number of nitrogens with one attached hydrogen (secondary N) is 3. The Balaban J connectivity index is 1.16. The molecule has 1 unspecified atom stereocenters. The van der Waals surface area contributed by atoms with Gasteiger partial charge in [-0.2, -0.15) is 5.10 Å². The molecule has 37 heavy (non-hydrogen) atoms. The average Bonchev–Trinajstić information content (AvgIpc) is 3.35. The van der Waals surface area contributed by atoms with Gasteiger partial charge in [0.1, 0.15) is 24.0 Å². The molecule has 198 valence electrons. The fraction of sp³-hybridized carbons (Fsp3) is 0.560. The maximum absolute atomic E-state index is 13.7. The number of aromatic nitrogens is 5. The molecule has 1 atom stereocenters. The molecule has 0 saturated heterocycles. The molecule has 0 amide bonds. The van der Waals surface area contributed by atoms with Crippen LogP contribution >= 0.6 is 0 Å². The Morgan fingerprint density at radius 3 is 2.92 bits per heavy atom. The van der Waals surface area contributed by atoms with Crippen LogP contribution in [0.15, 0.2) is 24.7 Å². The number of rotatable bonds is 12. The van der Waals surface area contributed by atoms with Crippen LogP contribution in [0, 0.1) is 0 Å². The number of H-pyrrole nitrogens is 1. The van der Waals surface area contributed by atoms with Crippen LogP contribution in [0.2, 0.25) is 0 Å². The number of hydrogen-bond donors (Lipinski definition) is 4. The van der Waals surface area contributed by atoms with Crippen LogP contribution in [-0.4, -0.2) is 78.8 Å². The second kappa shape index (κ2) is 10.9. The molecule has 5 rings (SSSR count). The molecule has 3 aromatic heterocycles. The number of fused-ring (bicyclic) bond motifs is 2. The predicted molar refractivity (Wildman–Crippen MR) is 135 cm³/mol. The van der Waals surface area contributed by atoms with Crippen LogP contribution in [0.3, 0.4) is 0 Å². The van der Waals surface area contributed by atoms with Gasteiger partial charge >= 0.3 is 5.97 Å². The topological polar surface area (TPSA) is 132 Å².